The van der Waals surface area contributed by atoms with Crippen LogP contribution in [0.5, 0.6) is 0 Å². The number of halogens is 2. The lowest BCUT2D eigenvalue weighted by atomic mass is 10.1. The summed E-state index contributed by atoms with van der Waals surface area (Å²) in [5, 5.41) is 4.97. The van der Waals surface area contributed by atoms with Crippen molar-refractivity contribution in [2.45, 2.75) is 13.1 Å². The maximum Gasteiger partial charge on any atom is 0.261 e. The Morgan fingerprint density at radius 2 is 1.86 bits per heavy atom. The van der Waals surface area contributed by atoms with E-state index in [9.17, 15) is 14.0 Å². The van der Waals surface area contributed by atoms with E-state index in [4.69, 9.17) is 11.6 Å². The monoisotopic (exact) mass is 416 g/mol. The van der Waals surface area contributed by atoms with Gasteiger partial charge in [-0.1, -0.05) is 35.9 Å². The van der Waals surface area contributed by atoms with E-state index < -0.39 is 5.82 Å². The lowest BCUT2D eigenvalue weighted by Crippen LogP contribution is -2.27. The second-order valence-electron chi connectivity index (χ2n) is 6.22. The highest BCUT2D eigenvalue weighted by Gasteiger charge is 2.16. The Bertz CT molecular complexity index is 954. The van der Waals surface area contributed by atoms with Crippen molar-refractivity contribution in [2.75, 3.05) is 7.05 Å². The molecule has 2 amide bonds. The number of nitrogens with zero attached hydrogens (tertiary/aromatic N) is 1. The van der Waals surface area contributed by atoms with E-state index in [2.05, 4.69) is 5.32 Å². The average molecular weight is 417 g/mol. The highest BCUT2D eigenvalue weighted by atomic mass is 35.5. The molecule has 0 radical (unpaired) electrons. The van der Waals surface area contributed by atoms with Gasteiger partial charge < -0.3 is 10.2 Å². The maximum atomic E-state index is 13.9. The highest BCUT2D eigenvalue weighted by molar-refractivity contribution is 7.12. The molecule has 0 aliphatic carbocycles. The standard InChI is InChI=1S/C21H18ClFN2O2S/c1-25(13-16-17(22)4-2-5-18(16)23)21(27)15-9-7-14(8-10-15)12-24-20(26)19-6-3-11-28-19/h2-11H,12-13H2,1H3,(H,24,26). The van der Waals surface area contributed by atoms with Crippen molar-refractivity contribution in [1.82, 2.24) is 10.2 Å². The molecule has 1 aromatic heterocycles. The van der Waals surface area contributed by atoms with E-state index in [1.54, 1.807) is 43.4 Å². The predicted molar refractivity (Wildman–Crippen MR) is 109 cm³/mol. The van der Waals surface area contributed by atoms with Gasteiger partial charge >= 0.3 is 0 Å². The second kappa shape index (κ2) is 8.99. The first kappa shape index (κ1) is 20.0. The molecule has 0 saturated carbocycles. The van der Waals surface area contributed by atoms with Gasteiger partial charge in [0.25, 0.3) is 11.8 Å². The first-order valence-corrected chi connectivity index (χ1v) is 9.80. The summed E-state index contributed by atoms with van der Waals surface area (Å²) in [6, 6.07) is 15.0. The molecule has 2 aromatic carbocycles. The van der Waals surface area contributed by atoms with Crippen LogP contribution in [0.4, 0.5) is 4.39 Å². The average Bonchev–Trinajstić information content (AvgIpc) is 3.24. The highest BCUT2D eigenvalue weighted by Crippen LogP contribution is 2.21. The number of thiophene rings is 1. The van der Waals surface area contributed by atoms with Crippen LogP contribution in [0, 0.1) is 5.82 Å². The summed E-state index contributed by atoms with van der Waals surface area (Å²) in [6.07, 6.45) is 0. The van der Waals surface area contributed by atoms with Gasteiger partial charge in [0.2, 0.25) is 0 Å². The fourth-order valence-electron chi connectivity index (χ4n) is 2.66. The third-order valence-electron chi connectivity index (χ3n) is 4.20. The van der Waals surface area contributed by atoms with Crippen LogP contribution in [-0.4, -0.2) is 23.8 Å². The molecule has 0 spiro atoms. The second-order valence-corrected chi connectivity index (χ2v) is 7.57. The van der Waals surface area contributed by atoms with Crippen LogP contribution < -0.4 is 5.32 Å². The molecule has 3 aromatic rings. The van der Waals surface area contributed by atoms with Gasteiger partial charge in [0.05, 0.1) is 4.88 Å². The van der Waals surface area contributed by atoms with Gasteiger partial charge in [0.15, 0.2) is 0 Å². The third kappa shape index (κ3) is 4.77. The van der Waals surface area contributed by atoms with Gasteiger partial charge in [-0.3, -0.25) is 9.59 Å². The van der Waals surface area contributed by atoms with Crippen molar-refractivity contribution in [2.24, 2.45) is 0 Å². The molecule has 0 saturated heterocycles. The van der Waals surface area contributed by atoms with E-state index in [1.165, 1.54) is 28.4 Å². The Kier molecular flexibility index (Phi) is 6.44. The van der Waals surface area contributed by atoms with Crippen molar-refractivity contribution in [3.8, 4) is 0 Å². The van der Waals surface area contributed by atoms with Crippen LogP contribution in [0.3, 0.4) is 0 Å². The number of carbonyl (C=O) groups excluding carboxylic acids is 2. The molecule has 0 aliphatic rings. The lowest BCUT2D eigenvalue weighted by molar-refractivity contribution is 0.0783. The van der Waals surface area contributed by atoms with Crippen LogP contribution in [0.25, 0.3) is 0 Å². The molecule has 0 unspecified atom stereocenters. The summed E-state index contributed by atoms with van der Waals surface area (Å²) in [5.74, 6) is -0.811. The van der Waals surface area contributed by atoms with Crippen molar-refractivity contribution in [3.63, 3.8) is 0 Å². The van der Waals surface area contributed by atoms with Crippen LogP contribution in [0.15, 0.2) is 60.0 Å². The van der Waals surface area contributed by atoms with Gasteiger partial charge in [0.1, 0.15) is 5.82 Å². The van der Waals surface area contributed by atoms with Gasteiger partial charge in [-0.2, -0.15) is 0 Å². The van der Waals surface area contributed by atoms with Gasteiger partial charge in [-0.05, 0) is 41.3 Å². The van der Waals surface area contributed by atoms with Crippen LogP contribution in [0.1, 0.15) is 31.2 Å². The Morgan fingerprint density at radius 3 is 2.50 bits per heavy atom. The Labute approximate surface area is 171 Å². The minimum Gasteiger partial charge on any atom is -0.347 e. The van der Waals surface area contributed by atoms with Crippen LogP contribution in [-0.2, 0) is 13.1 Å². The van der Waals surface area contributed by atoms with Crippen molar-refractivity contribution < 1.29 is 14.0 Å². The topological polar surface area (TPSA) is 49.4 Å². The normalized spacial score (nSPS) is 10.5. The first-order chi connectivity index (χ1) is 13.5. The summed E-state index contributed by atoms with van der Waals surface area (Å²) in [7, 11) is 1.60. The minimum atomic E-state index is -0.441. The van der Waals surface area contributed by atoms with Crippen LogP contribution >= 0.6 is 22.9 Å². The number of hydrogen-bond donors (Lipinski definition) is 1. The molecule has 7 heteroatoms. The number of carbonyl (C=O) groups is 2. The summed E-state index contributed by atoms with van der Waals surface area (Å²) in [5.41, 5.74) is 1.64. The van der Waals surface area contributed by atoms with E-state index in [0.717, 1.165) is 5.56 Å². The van der Waals surface area contributed by atoms with Crippen molar-refractivity contribution in [1.29, 1.82) is 0 Å². The van der Waals surface area contributed by atoms with Gasteiger partial charge in [-0.15, -0.1) is 11.3 Å². The zero-order chi connectivity index (χ0) is 20.1. The molecule has 1 N–H and O–H groups in total. The zero-order valence-corrected chi connectivity index (χ0v) is 16.7. The fraction of sp³-hybridized carbons (Fsp3) is 0.143. The minimum absolute atomic E-state index is 0.0724. The summed E-state index contributed by atoms with van der Waals surface area (Å²) in [4.78, 5) is 26.6. The summed E-state index contributed by atoms with van der Waals surface area (Å²) >= 11 is 7.41. The maximum absolute atomic E-state index is 13.9. The van der Waals surface area contributed by atoms with E-state index in [0.29, 0.717) is 17.0 Å². The molecule has 0 atom stereocenters. The number of amides is 2. The number of nitrogens with one attached hydrogen (secondary N) is 1. The smallest absolute Gasteiger partial charge is 0.261 e. The van der Waals surface area contributed by atoms with E-state index in [1.807, 2.05) is 11.4 Å². The molecular weight excluding hydrogens is 399 g/mol. The van der Waals surface area contributed by atoms with E-state index in [-0.39, 0.29) is 28.9 Å². The Balaban J connectivity index is 1.60. The molecule has 28 heavy (non-hydrogen) atoms. The van der Waals surface area contributed by atoms with Crippen LogP contribution in [0.2, 0.25) is 5.02 Å². The molecule has 0 bridgehead atoms. The fourth-order valence-corrected chi connectivity index (χ4v) is 3.52. The van der Waals surface area contributed by atoms with Gasteiger partial charge in [0, 0.05) is 36.3 Å². The molecular formula is C21H18ClFN2O2S. The molecule has 144 valence electrons. The molecule has 0 aliphatic heterocycles. The zero-order valence-electron chi connectivity index (χ0n) is 15.1. The van der Waals surface area contributed by atoms with Crippen molar-refractivity contribution >= 4 is 34.8 Å². The molecule has 0 fully saturated rings. The largest absolute Gasteiger partial charge is 0.347 e. The lowest BCUT2D eigenvalue weighted by Gasteiger charge is -2.18. The summed E-state index contributed by atoms with van der Waals surface area (Å²) < 4.78 is 13.9. The van der Waals surface area contributed by atoms with Gasteiger partial charge in [-0.25, -0.2) is 4.39 Å². The van der Waals surface area contributed by atoms with Crippen molar-refractivity contribution in [3.05, 3.63) is 92.4 Å². The molecule has 3 rings (SSSR count). The van der Waals surface area contributed by atoms with E-state index >= 15 is 0 Å². The quantitative estimate of drug-likeness (QED) is 0.630. The Hall–Kier alpha value is -2.70. The SMILES string of the molecule is CN(Cc1c(F)cccc1Cl)C(=O)c1ccc(CNC(=O)c2cccs2)cc1. The first-order valence-electron chi connectivity index (χ1n) is 8.54. The molecule has 1 heterocycles. The Morgan fingerprint density at radius 1 is 1.11 bits per heavy atom. The summed E-state index contributed by atoms with van der Waals surface area (Å²) in [6.45, 7) is 0.439. The number of hydrogen-bond acceptors (Lipinski definition) is 3. The molecule has 4 nitrogen and oxygen atoms in total. The third-order valence-corrected chi connectivity index (χ3v) is 5.43. The number of benzene rings is 2. The number of rotatable bonds is 6. The predicted octanol–water partition coefficient (Wildman–Crippen LogP) is 4.74.